The molecule has 0 bridgehead atoms. The van der Waals surface area contributed by atoms with Crippen LogP contribution in [0.2, 0.25) is 0 Å². The van der Waals surface area contributed by atoms with Crippen LogP contribution in [0.25, 0.3) is 10.9 Å². The summed E-state index contributed by atoms with van der Waals surface area (Å²) in [7, 11) is 3.24. The molecule has 1 fully saturated rings. The van der Waals surface area contributed by atoms with Crippen LogP contribution in [0.1, 0.15) is 12.0 Å². The number of methoxy groups -OCH3 is 2. The second-order valence-electron chi connectivity index (χ2n) is 7.03. The minimum atomic E-state index is 0.622. The van der Waals surface area contributed by atoms with E-state index in [2.05, 4.69) is 27.0 Å². The number of nitrogens with two attached hydrogens (primary N) is 1. The normalized spacial score (nSPS) is 16.9. The van der Waals surface area contributed by atoms with Gasteiger partial charge in [-0.15, -0.1) is 0 Å². The summed E-state index contributed by atoms with van der Waals surface area (Å²) in [6.45, 7) is 2.06. The van der Waals surface area contributed by atoms with E-state index >= 15 is 0 Å². The van der Waals surface area contributed by atoms with Crippen LogP contribution in [0.5, 0.6) is 11.5 Å². The molecule has 2 aromatic carbocycles. The van der Waals surface area contributed by atoms with E-state index in [1.165, 1.54) is 5.56 Å². The van der Waals surface area contributed by atoms with Gasteiger partial charge in [-0.25, -0.2) is 9.97 Å². The van der Waals surface area contributed by atoms with Crippen LogP contribution in [0.15, 0.2) is 65.6 Å². The van der Waals surface area contributed by atoms with Crippen LogP contribution >= 0.6 is 0 Å². The van der Waals surface area contributed by atoms with Crippen LogP contribution in [-0.2, 0) is 6.54 Å². The minimum Gasteiger partial charge on any atom is -0.493 e. The standard InChI is InChI=1S/C23H25N5O2/c1-29-21-10-18-19(11-22(21)30-2)26-15-27-23(18)28-9-8-17(12-24)20(14-28)25-13-16-6-4-3-5-7-16/h3-7,10-12,15H,8-9,13-14,24H2,1-2H3. The molecule has 2 heterocycles. The molecule has 1 aromatic heterocycles. The van der Waals surface area contributed by atoms with E-state index in [-0.39, 0.29) is 0 Å². The first-order chi connectivity index (χ1) is 14.7. The van der Waals surface area contributed by atoms with Gasteiger partial charge in [-0.2, -0.15) is 0 Å². The predicted molar refractivity (Wildman–Crippen MR) is 119 cm³/mol. The number of benzene rings is 2. The highest BCUT2D eigenvalue weighted by molar-refractivity contribution is 6.05. The van der Waals surface area contributed by atoms with Gasteiger partial charge in [-0.1, -0.05) is 30.3 Å². The number of rotatable bonds is 5. The van der Waals surface area contributed by atoms with E-state index in [1.54, 1.807) is 26.7 Å². The lowest BCUT2D eigenvalue weighted by Crippen LogP contribution is -2.38. The summed E-state index contributed by atoms with van der Waals surface area (Å²) in [6.07, 6.45) is 4.06. The molecule has 0 saturated carbocycles. The maximum absolute atomic E-state index is 5.89. The highest BCUT2D eigenvalue weighted by Gasteiger charge is 2.23. The van der Waals surface area contributed by atoms with Crippen molar-refractivity contribution in [3.63, 3.8) is 0 Å². The van der Waals surface area contributed by atoms with E-state index in [4.69, 9.17) is 20.2 Å². The molecule has 7 nitrogen and oxygen atoms in total. The molecule has 0 aliphatic carbocycles. The summed E-state index contributed by atoms with van der Waals surface area (Å²) >= 11 is 0. The van der Waals surface area contributed by atoms with Crippen molar-refractivity contribution in [1.29, 1.82) is 0 Å². The highest BCUT2D eigenvalue weighted by atomic mass is 16.5. The van der Waals surface area contributed by atoms with Crippen LogP contribution < -0.4 is 20.1 Å². The minimum absolute atomic E-state index is 0.622. The zero-order valence-electron chi connectivity index (χ0n) is 17.2. The van der Waals surface area contributed by atoms with Crippen molar-refractivity contribution in [1.82, 2.24) is 9.97 Å². The van der Waals surface area contributed by atoms with Gasteiger partial charge < -0.3 is 20.1 Å². The van der Waals surface area contributed by atoms with Crippen LogP contribution in [0.3, 0.4) is 0 Å². The molecule has 4 rings (SSSR count). The summed E-state index contributed by atoms with van der Waals surface area (Å²) in [5.74, 6) is 2.15. The van der Waals surface area contributed by atoms with Crippen molar-refractivity contribution in [2.24, 2.45) is 10.7 Å². The van der Waals surface area contributed by atoms with E-state index in [0.717, 1.165) is 41.0 Å². The Morgan fingerprint density at radius 3 is 2.60 bits per heavy atom. The number of fused-ring (bicyclic) bond motifs is 1. The largest absolute Gasteiger partial charge is 0.493 e. The predicted octanol–water partition coefficient (Wildman–Crippen LogP) is 3.34. The van der Waals surface area contributed by atoms with Crippen molar-refractivity contribution < 1.29 is 9.47 Å². The van der Waals surface area contributed by atoms with Gasteiger partial charge in [0.25, 0.3) is 0 Å². The molecule has 0 amide bonds. The van der Waals surface area contributed by atoms with E-state index < -0.39 is 0 Å². The summed E-state index contributed by atoms with van der Waals surface area (Å²) in [5.41, 5.74) is 9.93. The SMILES string of the molecule is COc1cc2ncnc(N3CCC(=CN)C(=NCc4ccccc4)C3)c2cc1OC. The number of hydrogen-bond donors (Lipinski definition) is 1. The quantitative estimate of drug-likeness (QED) is 0.703. The van der Waals surface area contributed by atoms with Crippen LogP contribution in [0, 0.1) is 0 Å². The number of aromatic nitrogens is 2. The third-order valence-corrected chi connectivity index (χ3v) is 5.28. The lowest BCUT2D eigenvalue weighted by Gasteiger charge is -2.31. The first-order valence-corrected chi connectivity index (χ1v) is 9.83. The maximum Gasteiger partial charge on any atom is 0.162 e. The Balaban J connectivity index is 1.68. The Kier molecular flexibility index (Phi) is 5.79. The van der Waals surface area contributed by atoms with Gasteiger partial charge in [0.05, 0.1) is 38.5 Å². The lowest BCUT2D eigenvalue weighted by atomic mass is 10.0. The van der Waals surface area contributed by atoms with Crippen LogP contribution in [0.4, 0.5) is 5.82 Å². The fourth-order valence-corrected chi connectivity index (χ4v) is 3.66. The van der Waals surface area contributed by atoms with Gasteiger partial charge >= 0.3 is 0 Å². The van der Waals surface area contributed by atoms with Crippen molar-refractivity contribution in [2.75, 3.05) is 32.2 Å². The van der Waals surface area contributed by atoms with Crippen molar-refractivity contribution in [3.8, 4) is 11.5 Å². The second kappa shape index (κ2) is 8.82. The molecule has 3 aromatic rings. The van der Waals surface area contributed by atoms with E-state index in [9.17, 15) is 0 Å². The second-order valence-corrected chi connectivity index (χ2v) is 7.03. The first-order valence-electron chi connectivity index (χ1n) is 9.83. The molecule has 30 heavy (non-hydrogen) atoms. The average molecular weight is 403 g/mol. The summed E-state index contributed by atoms with van der Waals surface area (Å²) in [4.78, 5) is 16.1. The van der Waals surface area contributed by atoms with Gasteiger partial charge in [0, 0.05) is 18.0 Å². The van der Waals surface area contributed by atoms with Crippen LogP contribution in [-0.4, -0.2) is 43.0 Å². The average Bonchev–Trinajstić information content (AvgIpc) is 2.81. The number of anilines is 1. The molecule has 7 heteroatoms. The third kappa shape index (κ3) is 3.91. The van der Waals surface area contributed by atoms with E-state index in [0.29, 0.717) is 24.6 Å². The number of ether oxygens (including phenoxy) is 2. The van der Waals surface area contributed by atoms with Crippen molar-refractivity contribution in [2.45, 2.75) is 13.0 Å². The molecule has 0 radical (unpaired) electrons. The van der Waals surface area contributed by atoms with Gasteiger partial charge in [-0.3, -0.25) is 4.99 Å². The molecular weight excluding hydrogens is 378 g/mol. The molecule has 1 aliphatic heterocycles. The Labute approximate surface area is 175 Å². The van der Waals surface area contributed by atoms with E-state index in [1.807, 2.05) is 30.3 Å². The number of hydrogen-bond acceptors (Lipinski definition) is 7. The zero-order valence-corrected chi connectivity index (χ0v) is 17.2. The summed E-state index contributed by atoms with van der Waals surface area (Å²) < 4.78 is 10.9. The summed E-state index contributed by atoms with van der Waals surface area (Å²) in [5, 5.41) is 0.915. The zero-order chi connectivity index (χ0) is 20.9. The molecule has 0 spiro atoms. The number of aliphatic imine (C=N–C) groups is 1. The van der Waals surface area contributed by atoms with Gasteiger partial charge in [-0.05, 0) is 29.8 Å². The number of piperidine rings is 1. The topological polar surface area (TPSA) is 85.9 Å². The molecule has 1 aliphatic rings. The fraction of sp³-hybridized carbons (Fsp3) is 0.261. The van der Waals surface area contributed by atoms with Gasteiger partial charge in [0.1, 0.15) is 12.1 Å². The Bertz CT molecular complexity index is 1100. The lowest BCUT2D eigenvalue weighted by molar-refractivity contribution is 0.356. The molecule has 0 atom stereocenters. The first kappa shape index (κ1) is 19.7. The van der Waals surface area contributed by atoms with Gasteiger partial charge in [0.2, 0.25) is 0 Å². The third-order valence-electron chi connectivity index (χ3n) is 5.28. The van der Waals surface area contributed by atoms with Crippen molar-refractivity contribution in [3.05, 3.63) is 66.1 Å². The monoisotopic (exact) mass is 403 g/mol. The molecule has 1 saturated heterocycles. The molecule has 0 unspecified atom stereocenters. The maximum atomic E-state index is 5.89. The highest BCUT2D eigenvalue weighted by Crippen LogP contribution is 2.35. The molecule has 2 N–H and O–H groups in total. The molecular formula is C23H25N5O2. The number of nitrogens with zero attached hydrogens (tertiary/aromatic N) is 4. The summed E-state index contributed by atoms with van der Waals surface area (Å²) in [6, 6.07) is 14.0. The smallest absolute Gasteiger partial charge is 0.162 e. The Hall–Kier alpha value is -3.61. The van der Waals surface area contributed by atoms with Gasteiger partial charge in [0.15, 0.2) is 11.5 Å². The van der Waals surface area contributed by atoms with Crippen molar-refractivity contribution >= 4 is 22.4 Å². The molecule has 154 valence electrons. The Morgan fingerprint density at radius 2 is 1.87 bits per heavy atom. The Morgan fingerprint density at radius 1 is 1.10 bits per heavy atom. The fourth-order valence-electron chi connectivity index (χ4n) is 3.66.